The van der Waals surface area contributed by atoms with Gasteiger partial charge in [-0.3, -0.25) is 0 Å². The lowest BCUT2D eigenvalue weighted by Gasteiger charge is -2.61. The zero-order valence-corrected chi connectivity index (χ0v) is 18.9. The molecule has 1 saturated heterocycles. The minimum atomic E-state index is -1.10. The van der Waals surface area contributed by atoms with Crippen molar-refractivity contribution in [3.63, 3.8) is 0 Å². The highest BCUT2D eigenvalue weighted by molar-refractivity contribution is 8.07. The molecule has 6 fully saturated rings. The molecule has 2 nitrogen and oxygen atoms in total. The van der Waals surface area contributed by atoms with E-state index in [1.807, 2.05) is 11.8 Å². The molecule has 6 rings (SSSR count). The third kappa shape index (κ3) is 2.31. The van der Waals surface area contributed by atoms with Gasteiger partial charge in [0.05, 0.1) is 5.25 Å². The summed E-state index contributed by atoms with van der Waals surface area (Å²) in [5.74, 6) is 3.57. The molecule has 11 atom stereocenters. The van der Waals surface area contributed by atoms with Gasteiger partial charge in [-0.2, -0.15) is 5.11 Å². The molecule has 0 aromatic rings. The second-order valence-corrected chi connectivity index (χ2v) is 13.4. The Hall–Kier alpha value is 0.270. The van der Waals surface area contributed by atoms with Gasteiger partial charge in [0.1, 0.15) is 0 Å². The highest BCUT2D eigenvalue weighted by atomic mass is 32.2. The highest BCUT2D eigenvalue weighted by Crippen LogP contribution is 2.72. The van der Waals surface area contributed by atoms with Gasteiger partial charge >= 0.3 is 0 Å². The van der Waals surface area contributed by atoms with E-state index in [4.69, 9.17) is 4.74 Å². The van der Waals surface area contributed by atoms with E-state index in [1.165, 1.54) is 64.2 Å². The minimum Gasteiger partial charge on any atom is -0.350 e. The lowest BCUT2D eigenvalue weighted by atomic mass is 9.44. The summed E-state index contributed by atoms with van der Waals surface area (Å²) >= 11 is 1.89. The van der Waals surface area contributed by atoms with Crippen molar-refractivity contribution in [1.29, 1.82) is 0 Å². The van der Waals surface area contributed by atoms with E-state index < -0.39 is 5.79 Å². The SMILES string of the molecule is COC1([O])[C@@H]2S[C@@H]2C[C@H]1[C@H]1CC[C@H]2[C@@H]3CCC4CCCC[C@]4(C)[C@H]3CC[C@]12C. The summed E-state index contributed by atoms with van der Waals surface area (Å²) in [6, 6.07) is 0. The molecular weight excluding hydrogens is 364 g/mol. The van der Waals surface area contributed by atoms with Crippen molar-refractivity contribution in [2.24, 2.45) is 46.3 Å². The van der Waals surface area contributed by atoms with Crippen LogP contribution in [0.3, 0.4) is 0 Å². The molecular formula is C25H39O2S. The van der Waals surface area contributed by atoms with E-state index in [1.54, 1.807) is 7.11 Å². The van der Waals surface area contributed by atoms with Crippen LogP contribution in [0.2, 0.25) is 0 Å². The first-order valence-electron chi connectivity index (χ1n) is 12.3. The molecule has 5 saturated carbocycles. The molecule has 2 unspecified atom stereocenters. The van der Waals surface area contributed by atoms with Gasteiger partial charge in [0, 0.05) is 18.3 Å². The molecule has 0 amide bonds. The lowest BCUT2D eigenvalue weighted by molar-refractivity contribution is -0.257. The Morgan fingerprint density at radius 2 is 1.61 bits per heavy atom. The van der Waals surface area contributed by atoms with Crippen LogP contribution in [0.1, 0.15) is 84.5 Å². The molecule has 6 aliphatic rings. The van der Waals surface area contributed by atoms with Gasteiger partial charge in [-0.05, 0) is 98.2 Å². The molecule has 0 bridgehead atoms. The number of rotatable bonds is 2. The van der Waals surface area contributed by atoms with Crippen LogP contribution >= 0.6 is 11.8 Å². The largest absolute Gasteiger partial charge is 0.350 e. The van der Waals surface area contributed by atoms with Crippen LogP contribution in [-0.4, -0.2) is 23.4 Å². The van der Waals surface area contributed by atoms with Crippen LogP contribution in [-0.2, 0) is 9.84 Å². The van der Waals surface area contributed by atoms with E-state index >= 15 is 0 Å². The van der Waals surface area contributed by atoms with Crippen LogP contribution in [0.5, 0.6) is 0 Å². The summed E-state index contributed by atoms with van der Waals surface area (Å²) in [5, 5.41) is 14.5. The molecule has 0 N–H and O–H groups in total. The summed E-state index contributed by atoms with van der Waals surface area (Å²) in [5.41, 5.74) is 1.03. The molecule has 28 heavy (non-hydrogen) atoms. The van der Waals surface area contributed by atoms with Crippen molar-refractivity contribution >= 4 is 11.8 Å². The molecule has 0 aromatic carbocycles. The standard InChI is InChI=1S/C25H39O2S/c1-23-12-5-4-6-15(23)7-8-16-17-9-10-19(24(17,2)13-11-18(16)23)20-14-21-22(28-21)25(20,26)27-3/h15-22H,4-14H2,1-3H3/t15?,16-,17-,18-,19+,20-,21+,22+,23-,24-,25?/m0/s1. The Kier molecular flexibility index (Phi) is 4.18. The second-order valence-electron chi connectivity index (χ2n) is 12.0. The van der Waals surface area contributed by atoms with Gasteiger partial charge in [-0.1, -0.05) is 26.7 Å². The van der Waals surface area contributed by atoms with Crippen LogP contribution in [0.4, 0.5) is 0 Å². The number of hydrogen-bond donors (Lipinski definition) is 0. The smallest absolute Gasteiger partial charge is 0.217 e. The van der Waals surface area contributed by atoms with E-state index in [9.17, 15) is 5.11 Å². The predicted molar refractivity (Wildman–Crippen MR) is 114 cm³/mol. The predicted octanol–water partition coefficient (Wildman–Crippen LogP) is 6.31. The van der Waals surface area contributed by atoms with E-state index in [-0.39, 0.29) is 11.2 Å². The van der Waals surface area contributed by atoms with Crippen LogP contribution < -0.4 is 0 Å². The van der Waals surface area contributed by atoms with Crippen molar-refractivity contribution in [2.75, 3.05) is 7.11 Å². The van der Waals surface area contributed by atoms with E-state index in [0.29, 0.717) is 22.0 Å². The highest BCUT2D eigenvalue weighted by Gasteiger charge is 2.71. The molecule has 3 heteroatoms. The van der Waals surface area contributed by atoms with Gasteiger partial charge in [0.25, 0.3) is 0 Å². The third-order valence-electron chi connectivity index (χ3n) is 11.4. The van der Waals surface area contributed by atoms with Crippen LogP contribution in [0.25, 0.3) is 0 Å². The molecule has 5 aliphatic carbocycles. The molecule has 1 heterocycles. The van der Waals surface area contributed by atoms with Crippen molar-refractivity contribution < 1.29 is 9.84 Å². The fourth-order valence-electron chi connectivity index (χ4n) is 10.0. The maximum Gasteiger partial charge on any atom is 0.217 e. The number of ether oxygens (including phenoxy) is 1. The normalized spacial score (nSPS) is 62.6. The Morgan fingerprint density at radius 1 is 0.821 bits per heavy atom. The number of fused-ring (bicyclic) bond motifs is 6. The Labute approximate surface area is 175 Å². The van der Waals surface area contributed by atoms with Crippen LogP contribution in [0.15, 0.2) is 0 Å². The monoisotopic (exact) mass is 403 g/mol. The first kappa shape index (κ1) is 19.0. The van der Waals surface area contributed by atoms with Gasteiger partial charge in [-0.25, -0.2) is 0 Å². The molecule has 1 radical (unpaired) electrons. The number of thioether (sulfide) groups is 1. The lowest BCUT2D eigenvalue weighted by Crippen LogP contribution is -2.54. The molecule has 0 spiro atoms. The summed E-state index contributed by atoms with van der Waals surface area (Å²) in [6.07, 6.45) is 15.5. The minimum absolute atomic E-state index is 0.248. The van der Waals surface area contributed by atoms with Gasteiger partial charge in [0.15, 0.2) is 0 Å². The first-order valence-corrected chi connectivity index (χ1v) is 13.3. The average Bonchev–Trinajstić information content (AvgIpc) is 3.31. The van der Waals surface area contributed by atoms with Gasteiger partial charge in [0.2, 0.25) is 5.79 Å². The summed E-state index contributed by atoms with van der Waals surface area (Å²) < 4.78 is 5.72. The Morgan fingerprint density at radius 3 is 2.43 bits per heavy atom. The quantitative estimate of drug-likeness (QED) is 0.399. The molecule has 1 aliphatic heterocycles. The third-order valence-corrected chi connectivity index (χ3v) is 12.9. The second kappa shape index (κ2) is 6.16. The fraction of sp³-hybridized carbons (Fsp3) is 1.00. The average molecular weight is 404 g/mol. The Bertz CT molecular complexity index is 652. The van der Waals surface area contributed by atoms with Crippen LogP contribution in [0, 0.1) is 46.3 Å². The van der Waals surface area contributed by atoms with Gasteiger partial charge < -0.3 is 4.74 Å². The first-order chi connectivity index (χ1) is 13.4. The van der Waals surface area contributed by atoms with Gasteiger partial charge in [-0.15, -0.1) is 11.8 Å². The van der Waals surface area contributed by atoms with Crippen molar-refractivity contribution in [3.8, 4) is 0 Å². The van der Waals surface area contributed by atoms with E-state index in [2.05, 4.69) is 13.8 Å². The molecule has 157 valence electrons. The Balaban J connectivity index is 1.28. The van der Waals surface area contributed by atoms with Crippen molar-refractivity contribution in [1.82, 2.24) is 0 Å². The maximum absolute atomic E-state index is 13.7. The topological polar surface area (TPSA) is 29.1 Å². The maximum atomic E-state index is 13.7. The van der Waals surface area contributed by atoms with Crippen molar-refractivity contribution in [2.45, 2.75) is 101 Å². The zero-order chi connectivity index (χ0) is 19.3. The fourth-order valence-corrected chi connectivity index (χ4v) is 11.4. The summed E-state index contributed by atoms with van der Waals surface area (Å²) in [7, 11) is 1.69. The van der Waals surface area contributed by atoms with E-state index in [0.717, 1.165) is 30.1 Å². The zero-order valence-electron chi connectivity index (χ0n) is 18.1. The number of methoxy groups -OCH3 is 1. The number of hydrogen-bond acceptors (Lipinski definition) is 2. The molecule has 0 aromatic heterocycles. The summed E-state index contributed by atoms with van der Waals surface area (Å²) in [4.78, 5) is 0. The van der Waals surface area contributed by atoms with Crippen molar-refractivity contribution in [3.05, 3.63) is 0 Å². The summed E-state index contributed by atoms with van der Waals surface area (Å²) in [6.45, 7) is 5.28.